The predicted octanol–water partition coefficient (Wildman–Crippen LogP) is 1.19. The van der Waals surface area contributed by atoms with Gasteiger partial charge in [-0.1, -0.05) is 0 Å². The number of methoxy groups -OCH3 is 1. The van der Waals surface area contributed by atoms with Crippen molar-refractivity contribution in [2.45, 2.75) is 29.6 Å². The maximum atomic E-state index is 5.21. The predicted molar refractivity (Wildman–Crippen MR) is 75.3 cm³/mol. The zero-order chi connectivity index (χ0) is 12.7. The molecule has 0 bridgehead atoms. The van der Waals surface area contributed by atoms with Gasteiger partial charge in [-0.15, -0.1) is 0 Å². The summed E-state index contributed by atoms with van der Waals surface area (Å²) in [4.78, 5) is 4.59. The van der Waals surface area contributed by atoms with Gasteiger partial charge >= 0.3 is 127 Å². The molecule has 0 spiro atoms. The van der Waals surface area contributed by atoms with E-state index < -0.39 is 0 Å². The molecule has 1 rings (SSSR count). The minimum absolute atomic E-state index is 0.230. The van der Waals surface area contributed by atoms with E-state index in [9.17, 15) is 0 Å². The summed E-state index contributed by atoms with van der Waals surface area (Å²) in [5.74, 6) is 1.44. The van der Waals surface area contributed by atoms with Crippen molar-refractivity contribution >= 4 is 62.1 Å². The Kier molecular flexibility index (Phi) is 9.35. The Bertz CT molecular complexity index is 327. The number of benzene rings is 1. The van der Waals surface area contributed by atoms with Crippen LogP contribution in [0.3, 0.4) is 0 Å². The van der Waals surface area contributed by atoms with E-state index in [2.05, 4.69) is 61.8 Å². The molecule has 16 heavy (non-hydrogen) atoms. The van der Waals surface area contributed by atoms with E-state index in [4.69, 9.17) is 4.74 Å². The van der Waals surface area contributed by atoms with Gasteiger partial charge in [0.05, 0.1) is 0 Å². The standard InChI is InChI=1S/C10H12OSe2.2CH3.Sn/c1-6(2)7-4-5-8(11-3)10(13)9(7)12;;;/h4-6H,1-3H3;2*1H3;. The first-order valence-corrected chi connectivity index (χ1v) is 12.5. The van der Waals surface area contributed by atoms with Crippen LogP contribution in [-0.4, -0.2) is 60.3 Å². The third-order valence-electron chi connectivity index (χ3n) is 1.95. The normalized spacial score (nSPS) is 9.62. The van der Waals surface area contributed by atoms with Crippen LogP contribution in [-0.2, 0) is 0 Å². The quantitative estimate of drug-likeness (QED) is 0.610. The van der Waals surface area contributed by atoms with Crippen LogP contribution in [0.15, 0.2) is 12.1 Å². The minimum atomic E-state index is 0.230. The molecule has 0 aliphatic carbocycles. The van der Waals surface area contributed by atoms with E-state index in [1.54, 1.807) is 7.11 Å². The van der Waals surface area contributed by atoms with Crippen LogP contribution in [0.1, 0.15) is 25.3 Å². The molecule has 1 aromatic rings. The van der Waals surface area contributed by atoms with E-state index >= 15 is 0 Å². The summed E-state index contributed by atoms with van der Waals surface area (Å²) in [5.41, 5.74) is 1.33. The molecule has 4 heteroatoms. The zero-order valence-electron chi connectivity index (χ0n) is 10.5. The van der Waals surface area contributed by atoms with Gasteiger partial charge in [-0.25, -0.2) is 0 Å². The van der Waals surface area contributed by atoms with Crippen LogP contribution in [0.2, 0.25) is 9.88 Å². The Balaban J connectivity index is 0.000000673. The molecule has 0 heterocycles. The molecule has 0 unspecified atom stereocenters. The molecule has 1 aromatic carbocycles. The van der Waals surface area contributed by atoms with Crippen molar-refractivity contribution in [2.24, 2.45) is 0 Å². The van der Waals surface area contributed by atoms with Crippen LogP contribution in [0.25, 0.3) is 0 Å². The van der Waals surface area contributed by atoms with Gasteiger partial charge in [0.15, 0.2) is 0 Å². The number of hydrogen-bond donors (Lipinski definition) is 0. The summed E-state index contributed by atoms with van der Waals surface area (Å²) in [6.45, 7) is 4.37. The zero-order valence-corrected chi connectivity index (χ0v) is 16.7. The van der Waals surface area contributed by atoms with Gasteiger partial charge < -0.3 is 0 Å². The summed E-state index contributed by atoms with van der Waals surface area (Å²) >= 11 is 6.34. The molecule has 1 nitrogen and oxygen atoms in total. The summed E-state index contributed by atoms with van der Waals surface area (Å²) in [7, 11) is 1.69. The van der Waals surface area contributed by atoms with Crippen LogP contribution >= 0.6 is 0 Å². The number of ether oxygens (including phenoxy) is 1. The first-order chi connectivity index (χ1) is 7.49. The molecule has 0 aliphatic heterocycles. The molecule has 0 amide bonds. The van der Waals surface area contributed by atoms with Gasteiger partial charge in [-0.05, 0) is 0 Å². The third-order valence-corrected chi connectivity index (χ3v) is 4.38. The van der Waals surface area contributed by atoms with Crippen molar-refractivity contribution in [1.29, 1.82) is 0 Å². The Labute approximate surface area is 126 Å². The van der Waals surface area contributed by atoms with Gasteiger partial charge in [-0.2, -0.15) is 0 Å². The Morgan fingerprint density at radius 2 is 1.62 bits per heavy atom. The molecule has 0 aliphatic rings. The van der Waals surface area contributed by atoms with Gasteiger partial charge in [-0.3, -0.25) is 0 Å². The van der Waals surface area contributed by atoms with E-state index in [1.165, 1.54) is 10.0 Å². The van der Waals surface area contributed by atoms with Crippen molar-refractivity contribution in [1.82, 2.24) is 0 Å². The summed E-state index contributed by atoms with van der Waals surface area (Å²) in [6.07, 6.45) is 0. The molecule has 0 aromatic heterocycles. The Hall–Kier alpha value is 0.858. The fraction of sp³-hybridized carbons (Fsp3) is 0.500. The second-order valence-electron chi connectivity index (χ2n) is 3.67. The molecule has 0 saturated heterocycles. The average molecular weight is 455 g/mol. The molecular formula is C12H18OSe2Sn. The molecule has 4 radical (unpaired) electrons. The number of rotatable bonds is 2. The molecule has 0 fully saturated rings. The van der Waals surface area contributed by atoms with E-state index in [-0.39, 0.29) is 21.1 Å². The maximum absolute atomic E-state index is 5.21. The first-order valence-electron chi connectivity index (χ1n) is 5.12. The molecule has 88 valence electrons. The van der Waals surface area contributed by atoms with Gasteiger partial charge in [0.25, 0.3) is 0 Å². The van der Waals surface area contributed by atoms with Crippen LogP contribution in [0.5, 0.6) is 5.75 Å². The van der Waals surface area contributed by atoms with Crippen molar-refractivity contribution < 1.29 is 4.74 Å². The SMILES string of the molecule is COc1ccc(C(C)C)c([Se])c1[Se].[CH3][Sn][CH3]. The second-order valence-corrected chi connectivity index (χ2v) is 8.24. The van der Waals surface area contributed by atoms with Crippen LogP contribution in [0.4, 0.5) is 0 Å². The van der Waals surface area contributed by atoms with Crippen LogP contribution in [0, 0.1) is 0 Å². The molecular weight excluding hydrogens is 437 g/mol. The van der Waals surface area contributed by atoms with Gasteiger partial charge in [0.1, 0.15) is 0 Å². The fourth-order valence-corrected chi connectivity index (χ4v) is 2.59. The van der Waals surface area contributed by atoms with Gasteiger partial charge in [0, 0.05) is 0 Å². The third kappa shape index (κ3) is 5.01. The van der Waals surface area contributed by atoms with Crippen molar-refractivity contribution in [2.75, 3.05) is 7.11 Å². The van der Waals surface area contributed by atoms with Crippen molar-refractivity contribution in [3.8, 4) is 5.75 Å². The molecule has 0 atom stereocenters. The Morgan fingerprint density at radius 3 is 2.00 bits per heavy atom. The second kappa shape index (κ2) is 8.88. The van der Waals surface area contributed by atoms with E-state index in [1.807, 2.05) is 6.07 Å². The van der Waals surface area contributed by atoms with E-state index in [0.717, 1.165) is 10.2 Å². The average Bonchev–Trinajstić information content (AvgIpc) is 2.22. The first kappa shape index (κ1) is 16.9. The summed E-state index contributed by atoms with van der Waals surface area (Å²) in [6, 6.07) is 4.11. The van der Waals surface area contributed by atoms with Crippen molar-refractivity contribution in [3.05, 3.63) is 17.7 Å². The summed E-state index contributed by atoms with van der Waals surface area (Å²) in [5, 5.41) is 0. The fourth-order valence-electron chi connectivity index (χ4n) is 1.18. The topological polar surface area (TPSA) is 9.23 Å². The van der Waals surface area contributed by atoms with Crippen LogP contribution < -0.4 is 13.7 Å². The molecule has 0 saturated carbocycles. The number of hydrogen-bond acceptors (Lipinski definition) is 1. The van der Waals surface area contributed by atoms with E-state index in [0.29, 0.717) is 5.92 Å². The monoisotopic (exact) mass is 458 g/mol. The summed E-state index contributed by atoms with van der Waals surface area (Å²) < 4.78 is 7.46. The van der Waals surface area contributed by atoms with Gasteiger partial charge in [0.2, 0.25) is 0 Å². The molecule has 0 N–H and O–H groups in total. The van der Waals surface area contributed by atoms with Crippen molar-refractivity contribution in [3.63, 3.8) is 0 Å². The Morgan fingerprint density at radius 1 is 1.12 bits per heavy atom.